The van der Waals surface area contributed by atoms with Crippen LogP contribution in [0.5, 0.6) is 0 Å². The van der Waals surface area contributed by atoms with Crippen LogP contribution in [0.3, 0.4) is 0 Å². The van der Waals surface area contributed by atoms with Crippen LogP contribution in [0.2, 0.25) is 0 Å². The predicted octanol–water partition coefficient (Wildman–Crippen LogP) is 2.95. The van der Waals surface area contributed by atoms with Gasteiger partial charge in [-0.25, -0.2) is 23.1 Å². The summed E-state index contributed by atoms with van der Waals surface area (Å²) in [7, 11) is 0. The Kier molecular flexibility index (Phi) is 5.17. The van der Waals surface area contributed by atoms with Gasteiger partial charge in [0, 0.05) is 19.2 Å². The lowest BCUT2D eigenvalue weighted by atomic mass is 10.3. The van der Waals surface area contributed by atoms with E-state index in [0.717, 1.165) is 12.3 Å². The molecule has 0 amide bonds. The van der Waals surface area contributed by atoms with E-state index in [0.29, 0.717) is 66.3 Å². The molecule has 0 bridgehead atoms. The summed E-state index contributed by atoms with van der Waals surface area (Å²) in [6.45, 7) is 2.43. The van der Waals surface area contributed by atoms with E-state index >= 15 is 0 Å². The van der Waals surface area contributed by atoms with E-state index in [9.17, 15) is 13.2 Å². The van der Waals surface area contributed by atoms with Crippen molar-refractivity contribution in [2.24, 2.45) is 0 Å². The second kappa shape index (κ2) is 8.51. The molecule has 10 nitrogen and oxygen atoms in total. The number of ether oxygens (including phenoxy) is 1. The van der Waals surface area contributed by atoms with Crippen LogP contribution in [-0.2, 0) is 11.3 Å². The summed E-state index contributed by atoms with van der Waals surface area (Å²) >= 11 is 0. The molecule has 0 atom stereocenters. The van der Waals surface area contributed by atoms with E-state index in [1.54, 1.807) is 4.57 Å². The number of anilines is 2. The molecule has 5 heterocycles. The van der Waals surface area contributed by atoms with E-state index < -0.39 is 17.5 Å². The Labute approximate surface area is 195 Å². The molecular weight excluding hydrogens is 463 g/mol. The van der Waals surface area contributed by atoms with Crippen molar-refractivity contribution in [2.45, 2.75) is 6.54 Å². The van der Waals surface area contributed by atoms with Gasteiger partial charge in [0.2, 0.25) is 5.95 Å². The second-order valence-electron chi connectivity index (χ2n) is 7.91. The van der Waals surface area contributed by atoms with E-state index in [-0.39, 0.29) is 12.1 Å². The molecule has 1 aromatic carbocycles. The number of hydrogen-bond acceptors (Lipinski definition) is 8. The van der Waals surface area contributed by atoms with Gasteiger partial charge in [0.25, 0.3) is 0 Å². The number of rotatable bonds is 5. The zero-order valence-corrected chi connectivity index (χ0v) is 18.2. The minimum atomic E-state index is -1.01. The van der Waals surface area contributed by atoms with Gasteiger partial charge in [-0.1, -0.05) is 0 Å². The van der Waals surface area contributed by atoms with E-state index in [1.165, 1.54) is 24.7 Å². The largest absolute Gasteiger partial charge is 0.378 e. The van der Waals surface area contributed by atoms with Crippen molar-refractivity contribution < 1.29 is 17.9 Å². The van der Waals surface area contributed by atoms with Gasteiger partial charge in [-0.15, -0.1) is 0 Å². The molecule has 4 aromatic heterocycles. The Bertz CT molecular complexity index is 1540. The Morgan fingerprint density at radius 3 is 2.71 bits per heavy atom. The van der Waals surface area contributed by atoms with Crippen molar-refractivity contribution in [3.63, 3.8) is 0 Å². The highest BCUT2D eigenvalue weighted by molar-refractivity contribution is 5.85. The van der Waals surface area contributed by atoms with Crippen LogP contribution in [0.1, 0.15) is 5.82 Å². The van der Waals surface area contributed by atoms with Gasteiger partial charge < -0.3 is 19.9 Å². The number of pyridine rings is 1. The minimum Gasteiger partial charge on any atom is -0.378 e. The van der Waals surface area contributed by atoms with Gasteiger partial charge in [0.15, 0.2) is 28.6 Å². The van der Waals surface area contributed by atoms with Crippen LogP contribution in [0.25, 0.3) is 27.9 Å². The van der Waals surface area contributed by atoms with Gasteiger partial charge in [0.05, 0.1) is 43.4 Å². The Morgan fingerprint density at radius 2 is 1.89 bits per heavy atom. The first kappa shape index (κ1) is 21.3. The molecule has 6 rings (SSSR count). The number of fused-ring (bicyclic) bond motifs is 2. The van der Waals surface area contributed by atoms with Crippen LogP contribution in [0.15, 0.2) is 36.9 Å². The number of aromatic nitrogens is 7. The lowest BCUT2D eigenvalue weighted by Crippen LogP contribution is -2.37. The van der Waals surface area contributed by atoms with Crippen LogP contribution in [0.4, 0.5) is 24.9 Å². The third kappa shape index (κ3) is 3.89. The fraction of sp³-hybridized carbons (Fsp3) is 0.227. The zero-order valence-electron chi connectivity index (χ0n) is 18.2. The van der Waals surface area contributed by atoms with Crippen molar-refractivity contribution in [1.29, 1.82) is 0 Å². The number of nitrogens with zero attached hydrogens (tertiary/aromatic N) is 7. The maximum absolute atomic E-state index is 14.1. The average Bonchev–Trinajstić information content (AvgIpc) is 3.50. The first-order valence-electron chi connectivity index (χ1n) is 10.8. The fourth-order valence-electron chi connectivity index (χ4n) is 3.96. The van der Waals surface area contributed by atoms with Crippen LogP contribution in [-0.4, -0.2) is 60.8 Å². The number of halogens is 3. The summed E-state index contributed by atoms with van der Waals surface area (Å²) < 4.78 is 48.5. The van der Waals surface area contributed by atoms with E-state index in [1.807, 2.05) is 4.90 Å². The molecule has 1 aliphatic rings. The third-order valence-electron chi connectivity index (χ3n) is 5.66. The lowest BCUT2D eigenvalue weighted by molar-refractivity contribution is 0.122. The van der Waals surface area contributed by atoms with E-state index in [4.69, 9.17) is 9.72 Å². The zero-order chi connectivity index (χ0) is 23.9. The SMILES string of the molecule is Fc1cncc(-n2cnc3c(NCc4nc5c(F)c(F)ccc5[nH]4)nc(N4CCOCC4)nc32)c1. The summed E-state index contributed by atoms with van der Waals surface area (Å²) in [6.07, 6.45) is 4.14. The third-order valence-corrected chi connectivity index (χ3v) is 5.66. The first-order valence-corrected chi connectivity index (χ1v) is 10.8. The van der Waals surface area contributed by atoms with Crippen molar-refractivity contribution >= 4 is 34.0 Å². The average molecular weight is 481 g/mol. The van der Waals surface area contributed by atoms with Crippen molar-refractivity contribution in [3.8, 4) is 5.69 Å². The number of morpholine rings is 1. The van der Waals surface area contributed by atoms with Crippen LogP contribution in [0, 0.1) is 17.5 Å². The predicted molar refractivity (Wildman–Crippen MR) is 121 cm³/mol. The highest BCUT2D eigenvalue weighted by Gasteiger charge is 2.20. The molecule has 13 heteroatoms. The molecule has 0 saturated carbocycles. The lowest BCUT2D eigenvalue weighted by Gasteiger charge is -2.27. The molecule has 1 aliphatic heterocycles. The molecule has 35 heavy (non-hydrogen) atoms. The van der Waals surface area contributed by atoms with Crippen LogP contribution < -0.4 is 10.2 Å². The molecule has 2 N–H and O–H groups in total. The topological polar surface area (TPSA) is 110 Å². The fourth-order valence-corrected chi connectivity index (χ4v) is 3.96. The molecule has 0 spiro atoms. The van der Waals surface area contributed by atoms with E-state index in [2.05, 4.69) is 30.2 Å². The number of H-pyrrole nitrogens is 1. The standard InChI is InChI=1S/C22H18F3N9O/c23-12-7-13(9-26-8-12)34-11-28-19-20(31-22(32-21(19)34)33-3-5-35-6-4-33)27-10-16-29-15-2-1-14(24)17(25)18(15)30-16/h1-2,7-9,11H,3-6,10H2,(H,29,30)(H,27,31,32). The Morgan fingerprint density at radius 1 is 1.03 bits per heavy atom. The van der Waals surface area contributed by atoms with Gasteiger partial charge >= 0.3 is 0 Å². The smallest absolute Gasteiger partial charge is 0.229 e. The molecular formula is C22H18F3N9O. The van der Waals surface area contributed by atoms with Crippen molar-refractivity contribution in [3.05, 3.63) is 60.2 Å². The molecule has 1 fully saturated rings. The number of imidazole rings is 2. The van der Waals surface area contributed by atoms with Gasteiger partial charge in [-0.3, -0.25) is 9.55 Å². The normalized spacial score (nSPS) is 14.2. The van der Waals surface area contributed by atoms with Gasteiger partial charge in [-0.05, 0) is 12.1 Å². The highest BCUT2D eigenvalue weighted by Crippen LogP contribution is 2.26. The molecule has 178 valence electrons. The summed E-state index contributed by atoms with van der Waals surface area (Å²) in [5.41, 5.74) is 1.66. The summed E-state index contributed by atoms with van der Waals surface area (Å²) in [5, 5.41) is 3.17. The molecule has 0 aliphatic carbocycles. The monoisotopic (exact) mass is 481 g/mol. The van der Waals surface area contributed by atoms with Gasteiger partial charge in [-0.2, -0.15) is 9.97 Å². The number of aromatic amines is 1. The first-order chi connectivity index (χ1) is 17.1. The minimum absolute atomic E-state index is 0.0773. The molecule has 0 radical (unpaired) electrons. The number of benzene rings is 1. The van der Waals surface area contributed by atoms with Gasteiger partial charge in [0.1, 0.15) is 23.5 Å². The Balaban J connectivity index is 1.40. The summed E-state index contributed by atoms with van der Waals surface area (Å²) in [5.74, 6) is -1.21. The highest BCUT2D eigenvalue weighted by atomic mass is 19.2. The van der Waals surface area contributed by atoms with Crippen molar-refractivity contribution in [2.75, 3.05) is 36.5 Å². The molecule has 5 aromatic rings. The number of nitrogens with one attached hydrogen (secondary N) is 2. The van der Waals surface area contributed by atoms with Crippen LogP contribution >= 0.6 is 0 Å². The quantitative estimate of drug-likeness (QED) is 0.394. The molecule has 1 saturated heterocycles. The van der Waals surface area contributed by atoms with Crippen molar-refractivity contribution in [1.82, 2.24) is 34.5 Å². The Hall–Kier alpha value is -4.26. The maximum Gasteiger partial charge on any atom is 0.229 e. The second-order valence-corrected chi connectivity index (χ2v) is 7.91. The number of hydrogen-bond donors (Lipinski definition) is 2. The maximum atomic E-state index is 14.1. The summed E-state index contributed by atoms with van der Waals surface area (Å²) in [4.78, 5) is 26.8. The molecule has 0 unspecified atom stereocenters. The summed E-state index contributed by atoms with van der Waals surface area (Å²) in [6, 6.07) is 3.81.